The Kier molecular flexibility index (Phi) is 5.87. The summed E-state index contributed by atoms with van der Waals surface area (Å²) in [5.41, 5.74) is 1.37. The largest absolute Gasteiger partial charge is 0.508 e. The molecule has 1 saturated carbocycles. The van der Waals surface area contributed by atoms with Gasteiger partial charge in [-0.2, -0.15) is 0 Å². The van der Waals surface area contributed by atoms with E-state index in [9.17, 15) is 19.8 Å². The van der Waals surface area contributed by atoms with Crippen LogP contribution in [-0.4, -0.2) is 47.6 Å². The smallest absolute Gasteiger partial charge is 0.262 e. The molecule has 0 unspecified atom stereocenters. The number of hydrogen-bond acceptors (Lipinski definition) is 4. The van der Waals surface area contributed by atoms with E-state index in [1.807, 2.05) is 0 Å². The van der Waals surface area contributed by atoms with Gasteiger partial charge in [0.1, 0.15) is 11.5 Å². The van der Waals surface area contributed by atoms with Crippen molar-refractivity contribution in [2.45, 2.75) is 25.7 Å². The van der Waals surface area contributed by atoms with E-state index in [0.29, 0.717) is 23.7 Å². The molecule has 2 aromatic carbocycles. The molecule has 6 nitrogen and oxygen atoms in total. The molecule has 6 heteroatoms. The second-order valence-corrected chi connectivity index (χ2v) is 7.51. The van der Waals surface area contributed by atoms with Crippen LogP contribution in [0.1, 0.15) is 46.4 Å². The quantitative estimate of drug-likeness (QED) is 0.827. The molecule has 0 bridgehead atoms. The van der Waals surface area contributed by atoms with Gasteiger partial charge in [0.2, 0.25) is 0 Å². The van der Waals surface area contributed by atoms with Crippen LogP contribution in [0.5, 0.6) is 11.5 Å². The van der Waals surface area contributed by atoms with Crippen molar-refractivity contribution >= 4 is 17.5 Å². The summed E-state index contributed by atoms with van der Waals surface area (Å²) in [5.74, 6) is -0.359. The van der Waals surface area contributed by atoms with Crippen molar-refractivity contribution in [1.29, 1.82) is 0 Å². The van der Waals surface area contributed by atoms with Gasteiger partial charge in [-0.3, -0.25) is 9.59 Å². The van der Waals surface area contributed by atoms with E-state index in [4.69, 9.17) is 0 Å². The van der Waals surface area contributed by atoms with Crippen LogP contribution in [0.2, 0.25) is 0 Å². The summed E-state index contributed by atoms with van der Waals surface area (Å²) in [4.78, 5) is 28.5. The molecule has 3 rings (SSSR count). The van der Waals surface area contributed by atoms with Gasteiger partial charge < -0.3 is 20.0 Å². The molecule has 0 radical (unpaired) electrons. The van der Waals surface area contributed by atoms with Crippen molar-refractivity contribution in [2.75, 3.05) is 25.5 Å². The number of benzene rings is 2. The number of phenols is 2. The molecular formula is C22H26N2O4. The number of carbonyl (C=O) groups is 2. The third-order valence-electron chi connectivity index (χ3n) is 5.20. The van der Waals surface area contributed by atoms with E-state index in [1.54, 1.807) is 43.3 Å². The van der Waals surface area contributed by atoms with Gasteiger partial charge in [0.05, 0.1) is 5.56 Å². The molecule has 2 N–H and O–H groups in total. The van der Waals surface area contributed by atoms with E-state index in [2.05, 4.69) is 0 Å². The number of amides is 2. The maximum atomic E-state index is 13.2. The van der Waals surface area contributed by atoms with Gasteiger partial charge in [-0.1, -0.05) is 12.8 Å². The fraction of sp³-hybridized carbons (Fsp3) is 0.364. The van der Waals surface area contributed by atoms with E-state index in [1.165, 1.54) is 23.1 Å². The van der Waals surface area contributed by atoms with Gasteiger partial charge in [-0.25, -0.2) is 0 Å². The topological polar surface area (TPSA) is 81.1 Å². The highest BCUT2D eigenvalue weighted by Crippen LogP contribution is 2.31. The van der Waals surface area contributed by atoms with Crippen molar-refractivity contribution in [2.24, 2.45) is 5.92 Å². The number of carbonyl (C=O) groups excluding carboxylic acids is 2. The van der Waals surface area contributed by atoms with Crippen LogP contribution in [-0.2, 0) is 0 Å². The second-order valence-electron chi connectivity index (χ2n) is 7.51. The summed E-state index contributed by atoms with van der Waals surface area (Å²) in [6.45, 7) is 0.556. The predicted octanol–water partition coefficient (Wildman–Crippen LogP) is 3.64. The Morgan fingerprint density at radius 2 is 1.61 bits per heavy atom. The van der Waals surface area contributed by atoms with E-state index < -0.39 is 0 Å². The molecule has 0 aliphatic heterocycles. The monoisotopic (exact) mass is 382 g/mol. The Bertz CT molecular complexity index is 855. The van der Waals surface area contributed by atoms with Crippen LogP contribution >= 0.6 is 0 Å². The minimum absolute atomic E-state index is 0.0945. The maximum absolute atomic E-state index is 13.2. The zero-order chi connectivity index (χ0) is 20.3. The molecule has 1 aliphatic carbocycles. The molecule has 148 valence electrons. The van der Waals surface area contributed by atoms with E-state index in [0.717, 1.165) is 25.7 Å². The number of hydrogen-bond donors (Lipinski definition) is 2. The van der Waals surface area contributed by atoms with Crippen LogP contribution in [0.3, 0.4) is 0 Å². The van der Waals surface area contributed by atoms with Gasteiger partial charge >= 0.3 is 0 Å². The molecule has 0 atom stereocenters. The minimum atomic E-state index is -0.323. The summed E-state index contributed by atoms with van der Waals surface area (Å²) in [7, 11) is 3.39. The van der Waals surface area contributed by atoms with Crippen LogP contribution in [0, 0.1) is 5.92 Å². The molecule has 2 amide bonds. The fourth-order valence-electron chi connectivity index (χ4n) is 3.65. The Balaban J connectivity index is 1.92. The molecule has 0 heterocycles. The Morgan fingerprint density at radius 3 is 2.18 bits per heavy atom. The Labute approximate surface area is 165 Å². The zero-order valence-corrected chi connectivity index (χ0v) is 16.3. The lowest BCUT2D eigenvalue weighted by Gasteiger charge is -2.26. The summed E-state index contributed by atoms with van der Waals surface area (Å²) < 4.78 is 0. The predicted molar refractivity (Wildman–Crippen MR) is 108 cm³/mol. The van der Waals surface area contributed by atoms with Gasteiger partial charge in [-0.05, 0) is 55.2 Å². The standard InChI is InChI=1S/C22H26N2O4/c1-23(2)21(27)16-7-9-17(10-8-16)24(14-15-5-3-4-6-15)22(28)19-12-11-18(25)13-20(19)26/h7-13,15,25-26H,3-6,14H2,1-2H3. The van der Waals surface area contributed by atoms with E-state index >= 15 is 0 Å². The minimum Gasteiger partial charge on any atom is -0.508 e. The SMILES string of the molecule is CN(C)C(=O)c1ccc(N(CC2CCCC2)C(=O)c2ccc(O)cc2O)cc1. The Morgan fingerprint density at radius 1 is 0.964 bits per heavy atom. The number of nitrogens with zero attached hydrogens (tertiary/aromatic N) is 2. The summed E-state index contributed by atoms with van der Waals surface area (Å²) in [6.07, 6.45) is 4.46. The number of aromatic hydroxyl groups is 2. The molecule has 2 aromatic rings. The fourth-order valence-corrected chi connectivity index (χ4v) is 3.65. The molecule has 1 aliphatic rings. The molecular weight excluding hydrogens is 356 g/mol. The van der Waals surface area contributed by atoms with Crippen LogP contribution in [0.15, 0.2) is 42.5 Å². The third-order valence-corrected chi connectivity index (χ3v) is 5.20. The zero-order valence-electron chi connectivity index (χ0n) is 16.3. The lowest BCUT2D eigenvalue weighted by Crippen LogP contribution is -2.35. The first-order chi connectivity index (χ1) is 13.4. The first-order valence-corrected chi connectivity index (χ1v) is 9.52. The van der Waals surface area contributed by atoms with Crippen molar-refractivity contribution in [3.63, 3.8) is 0 Å². The van der Waals surface area contributed by atoms with Gasteiger partial charge in [0.25, 0.3) is 11.8 Å². The molecule has 28 heavy (non-hydrogen) atoms. The molecule has 0 saturated heterocycles. The lowest BCUT2D eigenvalue weighted by atomic mass is 10.0. The highest BCUT2D eigenvalue weighted by atomic mass is 16.3. The van der Waals surface area contributed by atoms with Gasteiger partial charge in [0, 0.05) is 38.0 Å². The highest BCUT2D eigenvalue weighted by molar-refractivity contribution is 6.08. The summed E-state index contributed by atoms with van der Waals surface area (Å²) in [5, 5.41) is 19.6. The van der Waals surface area contributed by atoms with E-state index in [-0.39, 0.29) is 28.9 Å². The van der Waals surface area contributed by atoms with Crippen LogP contribution in [0.4, 0.5) is 5.69 Å². The average molecular weight is 382 g/mol. The normalized spacial score (nSPS) is 14.1. The number of anilines is 1. The van der Waals surface area contributed by atoms with Crippen molar-refractivity contribution in [3.8, 4) is 11.5 Å². The Hall–Kier alpha value is -3.02. The first-order valence-electron chi connectivity index (χ1n) is 9.52. The first kappa shape index (κ1) is 19.7. The van der Waals surface area contributed by atoms with Crippen molar-refractivity contribution in [3.05, 3.63) is 53.6 Å². The van der Waals surface area contributed by atoms with Crippen molar-refractivity contribution in [1.82, 2.24) is 4.90 Å². The summed E-state index contributed by atoms with van der Waals surface area (Å²) >= 11 is 0. The number of rotatable bonds is 5. The molecule has 1 fully saturated rings. The second kappa shape index (κ2) is 8.33. The highest BCUT2D eigenvalue weighted by Gasteiger charge is 2.26. The maximum Gasteiger partial charge on any atom is 0.262 e. The summed E-state index contributed by atoms with van der Waals surface area (Å²) in [6, 6.07) is 10.9. The average Bonchev–Trinajstić information content (AvgIpc) is 3.18. The van der Waals surface area contributed by atoms with Gasteiger partial charge in [-0.15, -0.1) is 0 Å². The van der Waals surface area contributed by atoms with Crippen LogP contribution in [0.25, 0.3) is 0 Å². The van der Waals surface area contributed by atoms with Gasteiger partial charge in [0.15, 0.2) is 0 Å². The van der Waals surface area contributed by atoms with Crippen molar-refractivity contribution < 1.29 is 19.8 Å². The lowest BCUT2D eigenvalue weighted by molar-refractivity contribution is 0.0827. The van der Waals surface area contributed by atoms with Crippen LogP contribution < -0.4 is 4.90 Å². The molecule has 0 aromatic heterocycles. The third kappa shape index (κ3) is 4.27. The number of phenolic OH excluding ortho intramolecular Hbond substituents is 2. The molecule has 0 spiro atoms.